The Morgan fingerprint density at radius 2 is 2.18 bits per heavy atom. The van der Waals surface area contributed by atoms with Gasteiger partial charge in [0.1, 0.15) is 0 Å². The number of benzene rings is 1. The van der Waals surface area contributed by atoms with Crippen molar-refractivity contribution < 1.29 is 4.79 Å². The SMILES string of the molecule is CC(N)C1CCCCN1C(=O)Cc1csc2ccccc12.Cl. The average Bonchev–Trinajstić information content (AvgIpc) is 2.90. The van der Waals surface area contributed by atoms with E-state index in [1.807, 2.05) is 24.0 Å². The smallest absolute Gasteiger partial charge is 0.227 e. The molecule has 0 saturated carbocycles. The van der Waals surface area contributed by atoms with Crippen molar-refractivity contribution in [1.82, 2.24) is 4.90 Å². The van der Waals surface area contributed by atoms with Crippen LogP contribution in [-0.4, -0.2) is 29.4 Å². The molecule has 2 unspecified atom stereocenters. The van der Waals surface area contributed by atoms with Crippen LogP contribution in [0.3, 0.4) is 0 Å². The number of likely N-dealkylation sites (tertiary alicyclic amines) is 1. The lowest BCUT2D eigenvalue weighted by molar-refractivity contribution is -0.134. The lowest BCUT2D eigenvalue weighted by Crippen LogP contribution is -2.52. The monoisotopic (exact) mass is 338 g/mol. The maximum absolute atomic E-state index is 12.7. The van der Waals surface area contributed by atoms with Crippen molar-refractivity contribution in [3.8, 4) is 0 Å². The summed E-state index contributed by atoms with van der Waals surface area (Å²) >= 11 is 1.71. The van der Waals surface area contributed by atoms with E-state index in [0.29, 0.717) is 6.42 Å². The molecule has 1 saturated heterocycles. The zero-order valence-corrected chi connectivity index (χ0v) is 14.5. The van der Waals surface area contributed by atoms with Crippen LogP contribution in [0.1, 0.15) is 31.7 Å². The topological polar surface area (TPSA) is 46.3 Å². The summed E-state index contributed by atoms with van der Waals surface area (Å²) in [6.07, 6.45) is 3.80. The summed E-state index contributed by atoms with van der Waals surface area (Å²) in [6.45, 7) is 2.86. The summed E-state index contributed by atoms with van der Waals surface area (Å²) in [6, 6.07) is 8.55. The first-order chi connectivity index (χ1) is 10.2. The Morgan fingerprint density at radius 1 is 1.41 bits per heavy atom. The molecule has 1 aliphatic heterocycles. The van der Waals surface area contributed by atoms with E-state index in [-0.39, 0.29) is 30.4 Å². The molecule has 2 heterocycles. The third-order valence-electron chi connectivity index (χ3n) is 4.38. The Labute approximate surface area is 141 Å². The molecule has 120 valence electrons. The molecule has 5 heteroatoms. The quantitative estimate of drug-likeness (QED) is 0.929. The van der Waals surface area contributed by atoms with Gasteiger partial charge in [-0.3, -0.25) is 4.79 Å². The highest BCUT2D eigenvalue weighted by Crippen LogP contribution is 2.27. The van der Waals surface area contributed by atoms with E-state index in [9.17, 15) is 4.79 Å². The highest BCUT2D eigenvalue weighted by molar-refractivity contribution is 7.17. The molecule has 2 N–H and O–H groups in total. The zero-order chi connectivity index (χ0) is 14.8. The molecule has 1 aromatic heterocycles. The Morgan fingerprint density at radius 3 is 2.95 bits per heavy atom. The first-order valence-corrected chi connectivity index (χ1v) is 8.55. The second-order valence-electron chi connectivity index (χ2n) is 5.94. The van der Waals surface area contributed by atoms with Gasteiger partial charge >= 0.3 is 0 Å². The zero-order valence-electron chi connectivity index (χ0n) is 12.8. The molecule has 0 aliphatic carbocycles. The van der Waals surface area contributed by atoms with Crippen molar-refractivity contribution in [3.63, 3.8) is 0 Å². The van der Waals surface area contributed by atoms with Crippen molar-refractivity contribution in [2.45, 2.75) is 44.7 Å². The largest absolute Gasteiger partial charge is 0.338 e. The van der Waals surface area contributed by atoms with Gasteiger partial charge in [-0.1, -0.05) is 18.2 Å². The molecular formula is C17H23ClN2OS. The standard InChI is InChI=1S/C17H22N2OS.ClH/c1-12(18)15-7-4-5-9-19(15)17(20)10-13-11-21-16-8-3-2-6-14(13)16;/h2-3,6,8,11-12,15H,4-5,7,9-10,18H2,1H3;1H. The van der Waals surface area contributed by atoms with Crippen LogP contribution in [0.2, 0.25) is 0 Å². The number of thiophene rings is 1. The van der Waals surface area contributed by atoms with Crippen LogP contribution >= 0.6 is 23.7 Å². The highest BCUT2D eigenvalue weighted by Gasteiger charge is 2.29. The van der Waals surface area contributed by atoms with Crippen LogP contribution in [0.5, 0.6) is 0 Å². The number of piperidine rings is 1. The molecule has 1 aromatic carbocycles. The van der Waals surface area contributed by atoms with Crippen molar-refractivity contribution in [3.05, 3.63) is 35.2 Å². The van der Waals surface area contributed by atoms with E-state index in [1.165, 1.54) is 16.5 Å². The molecule has 0 bridgehead atoms. The van der Waals surface area contributed by atoms with Gasteiger partial charge in [0.2, 0.25) is 5.91 Å². The van der Waals surface area contributed by atoms with Crippen LogP contribution in [0.25, 0.3) is 10.1 Å². The number of hydrogen-bond acceptors (Lipinski definition) is 3. The number of rotatable bonds is 3. The Bertz CT molecular complexity index is 640. The summed E-state index contributed by atoms with van der Waals surface area (Å²) in [5.74, 6) is 0.223. The molecule has 2 aromatic rings. The Kier molecular flexibility index (Phi) is 5.84. The molecule has 1 fully saturated rings. The number of hydrogen-bond donors (Lipinski definition) is 1. The van der Waals surface area contributed by atoms with E-state index < -0.39 is 0 Å². The summed E-state index contributed by atoms with van der Waals surface area (Å²) in [7, 11) is 0. The van der Waals surface area contributed by atoms with Gasteiger partial charge < -0.3 is 10.6 Å². The number of carbonyl (C=O) groups excluding carboxylic acids is 1. The van der Waals surface area contributed by atoms with Gasteiger partial charge in [0.15, 0.2) is 0 Å². The molecule has 3 nitrogen and oxygen atoms in total. The number of amides is 1. The van der Waals surface area contributed by atoms with Gasteiger partial charge in [0, 0.05) is 23.3 Å². The lowest BCUT2D eigenvalue weighted by Gasteiger charge is -2.38. The van der Waals surface area contributed by atoms with Gasteiger partial charge in [-0.2, -0.15) is 0 Å². The second-order valence-corrected chi connectivity index (χ2v) is 6.85. The molecule has 1 aliphatic rings. The summed E-state index contributed by atoms with van der Waals surface area (Å²) in [4.78, 5) is 14.7. The minimum atomic E-state index is 0. The first kappa shape index (κ1) is 17.3. The molecule has 3 rings (SSSR count). The van der Waals surface area contributed by atoms with E-state index >= 15 is 0 Å². The van der Waals surface area contributed by atoms with Gasteiger partial charge in [0.05, 0.1) is 6.42 Å². The van der Waals surface area contributed by atoms with Crippen molar-refractivity contribution in [2.75, 3.05) is 6.54 Å². The number of nitrogens with two attached hydrogens (primary N) is 1. The number of halogens is 1. The molecule has 2 atom stereocenters. The van der Waals surface area contributed by atoms with Crippen molar-refractivity contribution in [2.24, 2.45) is 5.73 Å². The minimum absolute atomic E-state index is 0. The third kappa shape index (κ3) is 3.45. The maximum atomic E-state index is 12.7. The van der Waals surface area contributed by atoms with Gasteiger partial charge in [-0.15, -0.1) is 23.7 Å². The van der Waals surface area contributed by atoms with Crippen LogP contribution in [0.15, 0.2) is 29.6 Å². The summed E-state index contributed by atoms with van der Waals surface area (Å²) < 4.78 is 1.25. The fraction of sp³-hybridized carbons (Fsp3) is 0.471. The summed E-state index contributed by atoms with van der Waals surface area (Å²) in [5.41, 5.74) is 7.22. The van der Waals surface area contributed by atoms with Crippen LogP contribution in [0, 0.1) is 0 Å². The van der Waals surface area contributed by atoms with E-state index in [0.717, 1.165) is 24.9 Å². The van der Waals surface area contributed by atoms with Gasteiger partial charge in [-0.25, -0.2) is 0 Å². The second kappa shape index (κ2) is 7.44. The predicted molar refractivity (Wildman–Crippen MR) is 95.8 cm³/mol. The molecule has 22 heavy (non-hydrogen) atoms. The molecular weight excluding hydrogens is 316 g/mol. The van der Waals surface area contributed by atoms with Crippen molar-refractivity contribution in [1.29, 1.82) is 0 Å². The van der Waals surface area contributed by atoms with Gasteiger partial charge in [0.25, 0.3) is 0 Å². The summed E-state index contributed by atoms with van der Waals surface area (Å²) in [5, 5.41) is 3.33. The molecule has 0 spiro atoms. The average molecular weight is 339 g/mol. The van der Waals surface area contributed by atoms with E-state index in [1.54, 1.807) is 11.3 Å². The number of fused-ring (bicyclic) bond motifs is 1. The maximum Gasteiger partial charge on any atom is 0.227 e. The third-order valence-corrected chi connectivity index (χ3v) is 5.39. The predicted octanol–water partition coefficient (Wildman–Crippen LogP) is 3.59. The molecule has 1 amide bonds. The Hall–Kier alpha value is -1.10. The minimum Gasteiger partial charge on any atom is -0.338 e. The van der Waals surface area contributed by atoms with Crippen LogP contribution < -0.4 is 5.73 Å². The molecule has 0 radical (unpaired) electrons. The number of carbonyl (C=O) groups is 1. The number of nitrogens with zero attached hydrogens (tertiary/aromatic N) is 1. The first-order valence-electron chi connectivity index (χ1n) is 7.67. The fourth-order valence-electron chi connectivity index (χ4n) is 3.25. The van der Waals surface area contributed by atoms with Crippen LogP contribution in [-0.2, 0) is 11.2 Å². The lowest BCUT2D eigenvalue weighted by atomic mass is 9.96. The van der Waals surface area contributed by atoms with E-state index in [4.69, 9.17) is 5.73 Å². The van der Waals surface area contributed by atoms with Crippen molar-refractivity contribution >= 4 is 39.7 Å². The van der Waals surface area contributed by atoms with Gasteiger partial charge in [-0.05, 0) is 48.6 Å². The Balaban J connectivity index is 0.00000176. The fourth-order valence-corrected chi connectivity index (χ4v) is 4.21. The highest BCUT2D eigenvalue weighted by atomic mass is 35.5. The normalized spacial score (nSPS) is 19.7. The van der Waals surface area contributed by atoms with Crippen LogP contribution in [0.4, 0.5) is 0 Å². The van der Waals surface area contributed by atoms with E-state index in [2.05, 4.69) is 17.5 Å².